The summed E-state index contributed by atoms with van der Waals surface area (Å²) in [5, 5.41) is 0. The number of para-hydroxylation sites is 1. The van der Waals surface area contributed by atoms with E-state index in [0.29, 0.717) is 0 Å². The second kappa shape index (κ2) is 7.18. The molecule has 2 heteroatoms. The van der Waals surface area contributed by atoms with E-state index in [1.807, 2.05) is 0 Å². The molecule has 23 heavy (non-hydrogen) atoms. The summed E-state index contributed by atoms with van der Waals surface area (Å²) in [6.07, 6.45) is 0. The fourth-order valence-corrected chi connectivity index (χ4v) is 3.35. The molecule has 0 amide bonds. The SMILES string of the molecule is Cc1ccc(N(c2ccccc2)c2ccc(C)cc2CI)cc1. The van der Waals surface area contributed by atoms with Crippen LogP contribution in [0.15, 0.2) is 72.8 Å². The summed E-state index contributed by atoms with van der Waals surface area (Å²) in [5.41, 5.74) is 7.57. The first kappa shape index (κ1) is 16.1. The quantitative estimate of drug-likeness (QED) is 0.340. The molecular formula is C21H20IN. The molecule has 0 aromatic heterocycles. The summed E-state index contributed by atoms with van der Waals surface area (Å²) >= 11 is 2.45. The van der Waals surface area contributed by atoms with E-state index in [1.54, 1.807) is 0 Å². The standard InChI is InChI=1S/C21H20IN/c1-16-8-11-20(12-9-16)23(19-6-4-3-5-7-19)21-13-10-17(2)14-18(21)15-22/h3-14H,15H2,1-2H3. The normalized spacial score (nSPS) is 10.6. The van der Waals surface area contributed by atoms with Gasteiger partial charge >= 0.3 is 0 Å². The van der Waals surface area contributed by atoms with Gasteiger partial charge in [-0.15, -0.1) is 0 Å². The van der Waals surface area contributed by atoms with Crippen molar-refractivity contribution < 1.29 is 0 Å². The summed E-state index contributed by atoms with van der Waals surface area (Å²) in [6.45, 7) is 4.27. The zero-order chi connectivity index (χ0) is 16.2. The van der Waals surface area contributed by atoms with Gasteiger partial charge in [-0.05, 0) is 49.7 Å². The summed E-state index contributed by atoms with van der Waals surface area (Å²) < 4.78 is 0.990. The molecule has 1 nitrogen and oxygen atoms in total. The van der Waals surface area contributed by atoms with Crippen molar-refractivity contribution in [3.63, 3.8) is 0 Å². The molecule has 0 heterocycles. The van der Waals surface area contributed by atoms with Crippen molar-refractivity contribution in [1.29, 1.82) is 0 Å². The van der Waals surface area contributed by atoms with Crippen molar-refractivity contribution in [2.24, 2.45) is 0 Å². The lowest BCUT2D eigenvalue weighted by molar-refractivity contribution is 1.23. The molecule has 0 atom stereocenters. The van der Waals surface area contributed by atoms with Crippen molar-refractivity contribution >= 4 is 39.7 Å². The highest BCUT2D eigenvalue weighted by molar-refractivity contribution is 14.1. The molecule has 0 radical (unpaired) electrons. The van der Waals surface area contributed by atoms with Crippen molar-refractivity contribution in [3.05, 3.63) is 89.5 Å². The predicted octanol–water partition coefficient (Wildman–Crippen LogP) is 6.71. The summed E-state index contributed by atoms with van der Waals surface area (Å²) in [6, 6.07) is 26.0. The fourth-order valence-electron chi connectivity index (χ4n) is 2.74. The van der Waals surface area contributed by atoms with Crippen molar-refractivity contribution in [2.75, 3.05) is 4.90 Å². The Labute approximate surface area is 152 Å². The molecule has 116 valence electrons. The second-order valence-corrected chi connectivity index (χ2v) is 6.54. The Morgan fingerprint density at radius 2 is 1.35 bits per heavy atom. The highest BCUT2D eigenvalue weighted by Crippen LogP contribution is 2.37. The minimum absolute atomic E-state index is 0.990. The van der Waals surface area contributed by atoms with Crippen LogP contribution in [0.25, 0.3) is 0 Å². The molecule has 0 saturated heterocycles. The van der Waals surface area contributed by atoms with Gasteiger partial charge in [0.2, 0.25) is 0 Å². The van der Waals surface area contributed by atoms with Crippen molar-refractivity contribution in [2.45, 2.75) is 18.3 Å². The molecule has 0 aliphatic carbocycles. The van der Waals surface area contributed by atoms with Gasteiger partial charge in [0.1, 0.15) is 0 Å². The van der Waals surface area contributed by atoms with Crippen LogP contribution in [0.4, 0.5) is 17.1 Å². The Hall–Kier alpha value is -1.81. The van der Waals surface area contributed by atoms with Gasteiger partial charge in [0.05, 0.1) is 5.69 Å². The van der Waals surface area contributed by atoms with E-state index in [0.717, 1.165) is 4.43 Å². The van der Waals surface area contributed by atoms with Crippen LogP contribution < -0.4 is 4.90 Å². The average Bonchev–Trinajstić information content (AvgIpc) is 2.59. The van der Waals surface area contributed by atoms with Crippen LogP contribution in [0.5, 0.6) is 0 Å². The first-order chi connectivity index (χ1) is 11.2. The van der Waals surface area contributed by atoms with Crippen LogP contribution in [-0.4, -0.2) is 0 Å². The van der Waals surface area contributed by atoms with Crippen LogP contribution in [0.1, 0.15) is 16.7 Å². The van der Waals surface area contributed by atoms with Gasteiger partial charge in [0, 0.05) is 15.8 Å². The number of hydrogen-bond acceptors (Lipinski definition) is 1. The lowest BCUT2D eigenvalue weighted by Crippen LogP contribution is -2.11. The molecule has 0 unspecified atom stereocenters. The topological polar surface area (TPSA) is 3.24 Å². The first-order valence-corrected chi connectivity index (χ1v) is 9.29. The lowest BCUT2D eigenvalue weighted by atomic mass is 10.1. The number of benzene rings is 3. The highest BCUT2D eigenvalue weighted by atomic mass is 127. The molecule has 0 aliphatic rings. The lowest BCUT2D eigenvalue weighted by Gasteiger charge is -2.27. The third-order valence-corrected chi connectivity index (χ3v) is 4.75. The van der Waals surface area contributed by atoms with Gasteiger partial charge < -0.3 is 4.90 Å². The number of alkyl halides is 1. The van der Waals surface area contributed by atoms with Crippen LogP contribution in [0.3, 0.4) is 0 Å². The van der Waals surface area contributed by atoms with E-state index in [9.17, 15) is 0 Å². The summed E-state index contributed by atoms with van der Waals surface area (Å²) in [4.78, 5) is 2.34. The van der Waals surface area contributed by atoms with Crippen molar-refractivity contribution in [3.8, 4) is 0 Å². The van der Waals surface area contributed by atoms with E-state index in [2.05, 4.69) is 114 Å². The predicted molar refractivity (Wildman–Crippen MR) is 108 cm³/mol. The van der Waals surface area contributed by atoms with E-state index in [1.165, 1.54) is 33.8 Å². The largest absolute Gasteiger partial charge is 0.310 e. The van der Waals surface area contributed by atoms with Gasteiger partial charge in [-0.3, -0.25) is 0 Å². The molecular weight excluding hydrogens is 393 g/mol. The smallest absolute Gasteiger partial charge is 0.0501 e. The van der Waals surface area contributed by atoms with Crippen LogP contribution >= 0.6 is 22.6 Å². The monoisotopic (exact) mass is 413 g/mol. The van der Waals surface area contributed by atoms with Crippen LogP contribution in [0, 0.1) is 13.8 Å². The maximum atomic E-state index is 2.45. The molecule has 0 fully saturated rings. The Kier molecular flexibility index (Phi) is 5.01. The summed E-state index contributed by atoms with van der Waals surface area (Å²) in [7, 11) is 0. The van der Waals surface area contributed by atoms with Gasteiger partial charge in [0.25, 0.3) is 0 Å². The summed E-state index contributed by atoms with van der Waals surface area (Å²) in [5.74, 6) is 0. The molecule has 0 saturated carbocycles. The van der Waals surface area contributed by atoms with Gasteiger partial charge in [-0.25, -0.2) is 0 Å². The fraction of sp³-hybridized carbons (Fsp3) is 0.143. The third-order valence-electron chi connectivity index (χ3n) is 3.93. The van der Waals surface area contributed by atoms with E-state index in [-0.39, 0.29) is 0 Å². The average molecular weight is 413 g/mol. The highest BCUT2D eigenvalue weighted by Gasteiger charge is 2.15. The van der Waals surface area contributed by atoms with Crippen LogP contribution in [0.2, 0.25) is 0 Å². The maximum Gasteiger partial charge on any atom is 0.0501 e. The first-order valence-electron chi connectivity index (χ1n) is 7.76. The number of anilines is 3. The maximum absolute atomic E-state index is 2.45. The molecule has 0 aliphatic heterocycles. The molecule has 3 aromatic carbocycles. The van der Waals surface area contributed by atoms with Crippen LogP contribution in [-0.2, 0) is 4.43 Å². The van der Waals surface area contributed by atoms with E-state index >= 15 is 0 Å². The molecule has 3 rings (SSSR count). The molecule has 0 N–H and O–H groups in total. The number of hydrogen-bond donors (Lipinski definition) is 0. The Morgan fingerprint density at radius 3 is 2.00 bits per heavy atom. The van der Waals surface area contributed by atoms with E-state index < -0.39 is 0 Å². The number of aryl methyl sites for hydroxylation is 2. The van der Waals surface area contributed by atoms with Gasteiger partial charge in [0.15, 0.2) is 0 Å². The van der Waals surface area contributed by atoms with Gasteiger partial charge in [-0.1, -0.05) is 76.2 Å². The minimum atomic E-state index is 0.990. The number of halogens is 1. The molecule has 3 aromatic rings. The zero-order valence-corrected chi connectivity index (χ0v) is 15.6. The Morgan fingerprint density at radius 1 is 0.739 bits per heavy atom. The van der Waals surface area contributed by atoms with Gasteiger partial charge in [-0.2, -0.15) is 0 Å². The molecule has 0 bridgehead atoms. The van der Waals surface area contributed by atoms with Crippen molar-refractivity contribution in [1.82, 2.24) is 0 Å². The number of nitrogens with zero attached hydrogens (tertiary/aromatic N) is 1. The third kappa shape index (κ3) is 3.58. The Bertz CT molecular complexity index is 779. The molecule has 0 spiro atoms. The van der Waals surface area contributed by atoms with E-state index in [4.69, 9.17) is 0 Å². The Balaban J connectivity index is 2.18. The number of rotatable bonds is 4. The second-order valence-electron chi connectivity index (χ2n) is 5.77. The minimum Gasteiger partial charge on any atom is -0.310 e. The zero-order valence-electron chi connectivity index (χ0n) is 13.5.